The van der Waals surface area contributed by atoms with Gasteiger partial charge in [0, 0.05) is 13.2 Å². The van der Waals surface area contributed by atoms with E-state index in [1.807, 2.05) is 13.8 Å². The Bertz CT molecular complexity index is 283. The Morgan fingerprint density at radius 2 is 1.24 bits per heavy atom. The summed E-state index contributed by atoms with van der Waals surface area (Å²) in [4.78, 5) is 0. The minimum atomic E-state index is -2.01. The van der Waals surface area contributed by atoms with Gasteiger partial charge in [0.25, 0.3) is 0 Å². The van der Waals surface area contributed by atoms with E-state index in [0.717, 1.165) is 44.3 Å². The molecule has 7 heteroatoms. The van der Waals surface area contributed by atoms with E-state index in [-0.39, 0.29) is 0 Å². The van der Waals surface area contributed by atoms with Gasteiger partial charge in [-0.15, -0.1) is 0 Å². The SMILES string of the molecule is CCO[Si](C)(CC[Si](C)(C)O[Si](C)(C)CCCN)OCC. The molecule has 0 spiro atoms. The Morgan fingerprint density at radius 1 is 0.762 bits per heavy atom. The highest BCUT2D eigenvalue weighted by Crippen LogP contribution is 2.27. The number of hydrogen-bond acceptors (Lipinski definition) is 4. The summed E-state index contributed by atoms with van der Waals surface area (Å²) in [5.41, 5.74) is 5.63. The maximum absolute atomic E-state index is 6.61. The quantitative estimate of drug-likeness (QED) is 0.542. The summed E-state index contributed by atoms with van der Waals surface area (Å²) in [6.07, 6.45) is 1.08. The molecule has 0 aliphatic heterocycles. The molecule has 0 radical (unpaired) electrons. The molecule has 0 aliphatic rings. The molecule has 0 rings (SSSR count). The fourth-order valence-corrected chi connectivity index (χ4v) is 16.4. The molecule has 0 aromatic carbocycles. The second-order valence-corrected chi connectivity index (χ2v) is 19.2. The molecule has 0 amide bonds. The number of nitrogens with two attached hydrogens (primary N) is 1. The highest BCUT2D eigenvalue weighted by atomic mass is 28.4. The highest BCUT2D eigenvalue weighted by Gasteiger charge is 2.37. The Hall–Kier alpha value is 0.491. The normalized spacial score (nSPS) is 13.7. The molecule has 0 atom stereocenters. The van der Waals surface area contributed by atoms with Gasteiger partial charge >= 0.3 is 8.56 Å². The monoisotopic (exact) mass is 351 g/mol. The van der Waals surface area contributed by atoms with Crippen LogP contribution in [0.1, 0.15) is 20.3 Å². The van der Waals surface area contributed by atoms with Gasteiger partial charge in [0.05, 0.1) is 0 Å². The second kappa shape index (κ2) is 9.59. The molecule has 2 N–H and O–H groups in total. The zero-order valence-corrected chi connectivity index (χ0v) is 18.3. The molecule has 0 saturated carbocycles. The van der Waals surface area contributed by atoms with Crippen LogP contribution in [0.15, 0.2) is 0 Å². The molecule has 0 bridgehead atoms. The van der Waals surface area contributed by atoms with Gasteiger partial charge in [-0.25, -0.2) is 0 Å². The first-order valence-corrected chi connectivity index (χ1v) is 17.0. The van der Waals surface area contributed by atoms with Crippen LogP contribution in [0.25, 0.3) is 0 Å². The Labute approximate surface area is 135 Å². The van der Waals surface area contributed by atoms with Crippen LogP contribution in [0.2, 0.25) is 50.9 Å². The Morgan fingerprint density at radius 3 is 1.67 bits per heavy atom. The van der Waals surface area contributed by atoms with Gasteiger partial charge in [-0.1, -0.05) is 0 Å². The van der Waals surface area contributed by atoms with Crippen molar-refractivity contribution < 1.29 is 13.0 Å². The molecular formula is C14H37NO3Si3. The maximum Gasteiger partial charge on any atom is 0.334 e. The maximum atomic E-state index is 6.61. The largest absolute Gasteiger partial charge is 0.456 e. The Balaban J connectivity index is 4.50. The first-order chi connectivity index (χ1) is 9.60. The van der Waals surface area contributed by atoms with Crippen LogP contribution in [0.4, 0.5) is 0 Å². The molecule has 0 aliphatic carbocycles. The lowest BCUT2D eigenvalue weighted by molar-refractivity contribution is 0.190. The molecule has 0 unspecified atom stereocenters. The molecule has 4 nitrogen and oxygen atoms in total. The van der Waals surface area contributed by atoms with E-state index >= 15 is 0 Å². The summed E-state index contributed by atoms with van der Waals surface area (Å²) in [7, 11) is -5.25. The Kier molecular flexibility index (Phi) is 9.81. The minimum absolute atomic E-state index is 0.738. The summed E-state index contributed by atoms with van der Waals surface area (Å²) in [5.74, 6) is 0. The van der Waals surface area contributed by atoms with E-state index in [2.05, 4.69) is 32.7 Å². The van der Waals surface area contributed by atoms with Crippen LogP contribution in [0.5, 0.6) is 0 Å². The molecule has 0 aromatic heterocycles. The average Bonchev–Trinajstić information content (AvgIpc) is 2.34. The van der Waals surface area contributed by atoms with Gasteiger partial charge in [-0.3, -0.25) is 0 Å². The van der Waals surface area contributed by atoms with Crippen LogP contribution in [0, 0.1) is 0 Å². The van der Waals surface area contributed by atoms with E-state index in [0.29, 0.717) is 0 Å². The van der Waals surface area contributed by atoms with Gasteiger partial charge in [0.15, 0.2) is 16.6 Å². The molecular weight excluding hydrogens is 314 g/mol. The lowest BCUT2D eigenvalue weighted by Gasteiger charge is -2.36. The van der Waals surface area contributed by atoms with Crippen LogP contribution in [0.3, 0.4) is 0 Å². The molecule has 0 saturated heterocycles. The standard InChI is InChI=1S/C14H37NO3Si3/c1-8-16-21(7,17-9-2)14-13-20(5,6)18-19(3,4)12-10-11-15/h8-15H2,1-7H3. The third kappa shape index (κ3) is 9.98. The lowest BCUT2D eigenvalue weighted by Crippen LogP contribution is -2.47. The number of rotatable bonds is 12. The molecule has 0 fully saturated rings. The summed E-state index contributed by atoms with van der Waals surface area (Å²) in [6.45, 7) is 17.8. The highest BCUT2D eigenvalue weighted by molar-refractivity contribution is 6.85. The van der Waals surface area contributed by atoms with Gasteiger partial charge in [-0.05, 0) is 77.7 Å². The van der Waals surface area contributed by atoms with E-state index in [1.165, 1.54) is 0 Å². The van der Waals surface area contributed by atoms with Crippen molar-refractivity contribution in [2.24, 2.45) is 5.73 Å². The summed E-state index contributed by atoms with van der Waals surface area (Å²) in [5, 5.41) is 0. The summed E-state index contributed by atoms with van der Waals surface area (Å²) >= 11 is 0. The minimum Gasteiger partial charge on any atom is -0.456 e. The first kappa shape index (κ1) is 21.5. The fraction of sp³-hybridized carbons (Fsp3) is 1.00. The number of hydrogen-bond donors (Lipinski definition) is 1. The van der Waals surface area contributed by atoms with E-state index in [4.69, 9.17) is 18.7 Å². The third-order valence-electron chi connectivity index (χ3n) is 3.62. The zero-order valence-electron chi connectivity index (χ0n) is 15.3. The van der Waals surface area contributed by atoms with Gasteiger partial charge in [-0.2, -0.15) is 0 Å². The zero-order chi connectivity index (χ0) is 16.6. The molecule has 0 aromatic rings. The van der Waals surface area contributed by atoms with Crippen LogP contribution < -0.4 is 5.73 Å². The van der Waals surface area contributed by atoms with E-state index < -0.39 is 25.2 Å². The van der Waals surface area contributed by atoms with Gasteiger partial charge in [0.1, 0.15) is 0 Å². The average molecular weight is 352 g/mol. The van der Waals surface area contributed by atoms with Crippen molar-refractivity contribution >= 4 is 25.2 Å². The van der Waals surface area contributed by atoms with Crippen molar-refractivity contribution in [1.82, 2.24) is 0 Å². The first-order valence-electron chi connectivity index (χ1n) is 8.28. The van der Waals surface area contributed by atoms with Crippen molar-refractivity contribution in [3.8, 4) is 0 Å². The predicted molar refractivity (Wildman–Crippen MR) is 99.0 cm³/mol. The predicted octanol–water partition coefficient (Wildman–Crippen LogP) is 3.91. The lowest BCUT2D eigenvalue weighted by atomic mass is 10.5. The van der Waals surface area contributed by atoms with Gasteiger partial charge in [0.2, 0.25) is 0 Å². The van der Waals surface area contributed by atoms with Crippen molar-refractivity contribution in [1.29, 1.82) is 0 Å². The molecule has 21 heavy (non-hydrogen) atoms. The topological polar surface area (TPSA) is 53.7 Å². The third-order valence-corrected chi connectivity index (χ3v) is 14.5. The van der Waals surface area contributed by atoms with Crippen molar-refractivity contribution in [3.63, 3.8) is 0 Å². The van der Waals surface area contributed by atoms with Crippen LogP contribution in [-0.2, 0) is 13.0 Å². The van der Waals surface area contributed by atoms with Crippen LogP contribution in [-0.4, -0.2) is 45.0 Å². The van der Waals surface area contributed by atoms with E-state index in [1.54, 1.807) is 0 Å². The molecule has 128 valence electrons. The van der Waals surface area contributed by atoms with Crippen molar-refractivity contribution in [2.45, 2.75) is 71.1 Å². The summed E-state index contributed by atoms with van der Waals surface area (Å²) < 4.78 is 18.5. The smallest absolute Gasteiger partial charge is 0.334 e. The summed E-state index contributed by atoms with van der Waals surface area (Å²) in [6, 6.07) is 3.32. The van der Waals surface area contributed by atoms with Gasteiger partial charge < -0.3 is 18.7 Å². The molecule has 0 heterocycles. The van der Waals surface area contributed by atoms with E-state index in [9.17, 15) is 0 Å². The van der Waals surface area contributed by atoms with Crippen molar-refractivity contribution in [2.75, 3.05) is 19.8 Å². The fourth-order valence-electron chi connectivity index (χ4n) is 2.70. The van der Waals surface area contributed by atoms with Crippen molar-refractivity contribution in [3.05, 3.63) is 0 Å². The second-order valence-electron chi connectivity index (χ2n) is 7.01. The van der Waals surface area contributed by atoms with Crippen LogP contribution >= 0.6 is 0 Å².